The van der Waals surface area contributed by atoms with Gasteiger partial charge in [-0.1, -0.05) is 43.0 Å². The first-order chi connectivity index (χ1) is 9.88. The van der Waals surface area contributed by atoms with E-state index in [0.29, 0.717) is 16.5 Å². The minimum atomic E-state index is -4.33. The second-order valence-electron chi connectivity index (χ2n) is 5.12. The predicted molar refractivity (Wildman–Crippen MR) is 94.5 cm³/mol. The summed E-state index contributed by atoms with van der Waals surface area (Å²) in [7, 11) is -4.33. The Hall–Kier alpha value is -0.910. The maximum atomic E-state index is 11.8. The van der Waals surface area contributed by atoms with Crippen molar-refractivity contribution in [2.75, 3.05) is 0 Å². The molecule has 0 aliphatic carbocycles. The summed E-state index contributed by atoms with van der Waals surface area (Å²) in [6.45, 7) is 5.51. The SMILES string of the molecule is C=C(C)c1ccc2cc3ccccc3cc2c1S(=O)(=O)O.[CaH2]. The summed E-state index contributed by atoms with van der Waals surface area (Å²) in [6.07, 6.45) is 0. The molecule has 3 aromatic carbocycles. The number of allylic oxidation sites excluding steroid dienone is 1. The average molecular weight is 340 g/mol. The van der Waals surface area contributed by atoms with Crippen molar-refractivity contribution in [1.29, 1.82) is 0 Å². The molecule has 5 heteroatoms. The predicted octanol–water partition coefficient (Wildman–Crippen LogP) is 3.36. The normalized spacial score (nSPS) is 11.4. The number of hydrogen-bond donors (Lipinski definition) is 1. The first-order valence-electron chi connectivity index (χ1n) is 6.47. The van der Waals surface area contributed by atoms with Crippen LogP contribution in [0.3, 0.4) is 0 Å². The van der Waals surface area contributed by atoms with Gasteiger partial charge in [-0.05, 0) is 46.4 Å². The van der Waals surface area contributed by atoms with Gasteiger partial charge in [0.05, 0.1) is 0 Å². The van der Waals surface area contributed by atoms with Crippen molar-refractivity contribution < 1.29 is 13.0 Å². The fourth-order valence-electron chi connectivity index (χ4n) is 2.60. The molecule has 0 bridgehead atoms. The summed E-state index contributed by atoms with van der Waals surface area (Å²) in [5.74, 6) is 0. The third-order valence-electron chi connectivity index (χ3n) is 3.55. The Balaban J connectivity index is 0.00000176. The van der Waals surface area contributed by atoms with Gasteiger partial charge in [0.2, 0.25) is 0 Å². The van der Waals surface area contributed by atoms with Crippen LogP contribution in [0.25, 0.3) is 27.1 Å². The van der Waals surface area contributed by atoms with Gasteiger partial charge in [-0.3, -0.25) is 4.55 Å². The molecule has 1 N–H and O–H groups in total. The molecular formula is C17H16CaO3S. The van der Waals surface area contributed by atoms with Crippen LogP contribution in [0.5, 0.6) is 0 Å². The zero-order valence-corrected chi connectivity index (χ0v) is 12.3. The van der Waals surface area contributed by atoms with E-state index in [2.05, 4.69) is 6.58 Å². The Morgan fingerprint density at radius 1 is 1.00 bits per heavy atom. The Labute approximate surface area is 159 Å². The van der Waals surface area contributed by atoms with Gasteiger partial charge in [-0.2, -0.15) is 8.42 Å². The summed E-state index contributed by atoms with van der Waals surface area (Å²) < 4.78 is 33.3. The Kier molecular flexibility index (Phi) is 5.00. The van der Waals surface area contributed by atoms with Crippen LogP contribution in [0, 0.1) is 0 Å². The molecule has 0 aromatic heterocycles. The standard InChI is InChI=1S/C17H14O3S.Ca.2H/c1-11(2)15-8-7-14-9-12-5-3-4-6-13(12)10-16(14)17(15)21(18,19)20;;;/h3-10H,1H2,2H3,(H,18,19,20);;;. The molecule has 0 radical (unpaired) electrons. The van der Waals surface area contributed by atoms with Crippen LogP contribution >= 0.6 is 0 Å². The van der Waals surface area contributed by atoms with Gasteiger partial charge in [0.1, 0.15) is 4.90 Å². The fourth-order valence-corrected chi connectivity index (χ4v) is 3.58. The first-order valence-corrected chi connectivity index (χ1v) is 7.91. The van der Waals surface area contributed by atoms with Gasteiger partial charge in [0, 0.05) is 5.39 Å². The third-order valence-corrected chi connectivity index (χ3v) is 4.51. The van der Waals surface area contributed by atoms with E-state index in [0.717, 1.165) is 16.2 Å². The third kappa shape index (κ3) is 3.07. The zero-order valence-electron chi connectivity index (χ0n) is 11.5. The fraction of sp³-hybridized carbons (Fsp3) is 0.0588. The van der Waals surface area contributed by atoms with Crippen LogP contribution in [0.1, 0.15) is 12.5 Å². The van der Waals surface area contributed by atoms with E-state index in [1.165, 1.54) is 0 Å². The van der Waals surface area contributed by atoms with Gasteiger partial charge < -0.3 is 0 Å². The van der Waals surface area contributed by atoms with E-state index in [4.69, 9.17) is 0 Å². The van der Waals surface area contributed by atoms with Crippen molar-refractivity contribution in [2.24, 2.45) is 0 Å². The first kappa shape index (κ1) is 17.4. The van der Waals surface area contributed by atoms with E-state index in [9.17, 15) is 13.0 Å². The van der Waals surface area contributed by atoms with Crippen molar-refractivity contribution in [2.45, 2.75) is 11.8 Å². The molecule has 0 heterocycles. The Bertz CT molecular complexity index is 991. The van der Waals surface area contributed by atoms with Crippen molar-refractivity contribution in [1.82, 2.24) is 0 Å². The van der Waals surface area contributed by atoms with Crippen LogP contribution < -0.4 is 0 Å². The molecule has 0 unspecified atom stereocenters. The molecule has 110 valence electrons. The van der Waals surface area contributed by atoms with Crippen LogP contribution in [-0.2, 0) is 10.1 Å². The van der Waals surface area contributed by atoms with E-state index in [1.807, 2.05) is 36.4 Å². The van der Waals surface area contributed by atoms with Gasteiger partial charge in [0.25, 0.3) is 10.1 Å². The molecule has 0 atom stereocenters. The second kappa shape index (κ2) is 6.30. The van der Waals surface area contributed by atoms with E-state index >= 15 is 0 Å². The van der Waals surface area contributed by atoms with Gasteiger partial charge in [-0.15, -0.1) is 0 Å². The zero-order chi connectivity index (χ0) is 15.2. The molecule has 3 rings (SSSR count). The molecule has 0 saturated heterocycles. The van der Waals surface area contributed by atoms with Crippen LogP contribution in [0.15, 0.2) is 60.0 Å². The topological polar surface area (TPSA) is 54.4 Å². The van der Waals surface area contributed by atoms with E-state index in [-0.39, 0.29) is 42.6 Å². The molecule has 0 amide bonds. The molecule has 3 nitrogen and oxygen atoms in total. The molecule has 0 saturated carbocycles. The Morgan fingerprint density at radius 2 is 1.59 bits per heavy atom. The van der Waals surface area contributed by atoms with E-state index in [1.54, 1.807) is 19.1 Å². The quantitative estimate of drug-likeness (QED) is 0.442. The molecule has 3 aromatic rings. The summed E-state index contributed by atoms with van der Waals surface area (Å²) in [5.41, 5.74) is 1.04. The summed E-state index contributed by atoms with van der Waals surface area (Å²) in [6, 6.07) is 14.9. The van der Waals surface area contributed by atoms with Gasteiger partial charge in [0.15, 0.2) is 0 Å². The molecule has 0 spiro atoms. The number of rotatable bonds is 2. The summed E-state index contributed by atoms with van der Waals surface area (Å²) in [4.78, 5) is -0.0711. The van der Waals surface area contributed by atoms with Gasteiger partial charge >= 0.3 is 37.7 Å². The maximum absolute atomic E-state index is 11.8. The summed E-state index contributed by atoms with van der Waals surface area (Å²) in [5, 5.41) is 3.23. The minimum absolute atomic E-state index is 0. The van der Waals surface area contributed by atoms with E-state index < -0.39 is 10.1 Å². The Morgan fingerprint density at radius 3 is 2.14 bits per heavy atom. The second-order valence-corrected chi connectivity index (χ2v) is 6.48. The van der Waals surface area contributed by atoms with Crippen LogP contribution in [0.4, 0.5) is 0 Å². The number of hydrogen-bond acceptors (Lipinski definition) is 2. The average Bonchev–Trinajstić information content (AvgIpc) is 2.42. The van der Waals surface area contributed by atoms with Crippen LogP contribution in [-0.4, -0.2) is 50.7 Å². The van der Waals surface area contributed by atoms with Crippen molar-refractivity contribution in [3.63, 3.8) is 0 Å². The number of fused-ring (bicyclic) bond motifs is 2. The molecule has 0 aliphatic rings. The van der Waals surface area contributed by atoms with Crippen molar-refractivity contribution in [3.8, 4) is 0 Å². The van der Waals surface area contributed by atoms with Crippen LogP contribution in [0.2, 0.25) is 0 Å². The molecule has 22 heavy (non-hydrogen) atoms. The number of benzene rings is 3. The monoisotopic (exact) mass is 340 g/mol. The van der Waals surface area contributed by atoms with Crippen molar-refractivity contribution >= 4 is 75.0 Å². The summed E-state index contributed by atoms with van der Waals surface area (Å²) >= 11 is 0. The molecule has 0 fully saturated rings. The molecule has 0 aliphatic heterocycles. The molecular weight excluding hydrogens is 324 g/mol. The van der Waals surface area contributed by atoms with Gasteiger partial charge in [-0.25, -0.2) is 0 Å². The van der Waals surface area contributed by atoms with Crippen molar-refractivity contribution in [3.05, 3.63) is 60.7 Å².